The number of rotatable bonds is 3. The Morgan fingerprint density at radius 3 is 2.19 bits per heavy atom. The predicted octanol–water partition coefficient (Wildman–Crippen LogP) is 4.23. The maximum absolute atomic E-state index is 9.40. The number of hydrogen-bond acceptors (Lipinski definition) is 2. The lowest BCUT2D eigenvalue weighted by Gasteiger charge is -2.65. The molecule has 2 heteroatoms. The third-order valence-electron chi connectivity index (χ3n) is 6.23. The summed E-state index contributed by atoms with van der Waals surface area (Å²) in [6.07, 6.45) is 8.40. The topological polar surface area (TPSA) is 32.3 Å². The Balaban J connectivity index is 1.53. The van der Waals surface area contributed by atoms with Crippen LogP contribution in [0.3, 0.4) is 0 Å². The second-order valence-corrected chi connectivity index (χ2v) is 8.93. The third kappa shape index (κ3) is 2.38. The molecule has 4 fully saturated rings. The molecule has 2 nitrogen and oxygen atoms in total. The molecule has 0 radical (unpaired) electrons. The van der Waals surface area contributed by atoms with E-state index in [0.29, 0.717) is 22.1 Å². The molecule has 2 N–H and O–H groups in total. The Bertz CT molecular complexity index is 531. The minimum atomic E-state index is 0.355. The molecule has 2 unspecified atom stereocenters. The number of phenols is 1. The van der Waals surface area contributed by atoms with Crippen LogP contribution in [0.4, 0.5) is 0 Å². The van der Waals surface area contributed by atoms with E-state index >= 15 is 0 Å². The van der Waals surface area contributed by atoms with Crippen LogP contribution >= 0.6 is 0 Å². The molecule has 21 heavy (non-hydrogen) atoms. The summed E-state index contributed by atoms with van der Waals surface area (Å²) in [4.78, 5) is 0. The molecular weight excluding hydrogens is 258 g/mol. The molecule has 0 aromatic heterocycles. The van der Waals surface area contributed by atoms with Gasteiger partial charge < -0.3 is 10.4 Å². The number of aromatic hydroxyl groups is 1. The molecule has 2 atom stereocenters. The van der Waals surface area contributed by atoms with Gasteiger partial charge in [0.25, 0.3) is 0 Å². The number of nitrogens with one attached hydrogen (secondary N) is 1. The molecule has 0 spiro atoms. The molecule has 0 saturated heterocycles. The molecule has 0 heterocycles. The molecular formula is C19H27NO. The van der Waals surface area contributed by atoms with Crippen molar-refractivity contribution >= 4 is 0 Å². The Hall–Kier alpha value is -1.02. The SMILES string of the molecule is CC12CC3CC(C)(C1)CC(NCc1ccc(O)cc1)(C3)C2. The first-order valence-corrected chi connectivity index (χ1v) is 8.41. The predicted molar refractivity (Wildman–Crippen MR) is 85.1 cm³/mol. The monoisotopic (exact) mass is 285 g/mol. The molecule has 5 rings (SSSR count). The Morgan fingerprint density at radius 2 is 1.62 bits per heavy atom. The zero-order valence-electron chi connectivity index (χ0n) is 13.3. The highest BCUT2D eigenvalue weighted by molar-refractivity contribution is 5.26. The first-order chi connectivity index (χ1) is 9.88. The van der Waals surface area contributed by atoms with Gasteiger partial charge in [0.1, 0.15) is 5.75 Å². The zero-order chi connectivity index (χ0) is 14.7. The lowest BCUT2D eigenvalue weighted by Crippen LogP contribution is -2.63. The van der Waals surface area contributed by atoms with Crippen LogP contribution in [0.25, 0.3) is 0 Å². The highest BCUT2D eigenvalue weighted by Gasteiger charge is 2.59. The summed E-state index contributed by atoms with van der Waals surface area (Å²) in [5, 5.41) is 13.3. The average molecular weight is 285 g/mol. The maximum atomic E-state index is 9.40. The van der Waals surface area contributed by atoms with Gasteiger partial charge in [-0.05, 0) is 73.0 Å². The highest BCUT2D eigenvalue weighted by atomic mass is 16.3. The molecule has 1 aromatic carbocycles. The lowest BCUT2D eigenvalue weighted by molar-refractivity contribution is -0.118. The third-order valence-corrected chi connectivity index (χ3v) is 6.23. The first kappa shape index (κ1) is 13.6. The number of phenolic OH excluding ortho intramolecular Hbond substituents is 1. The highest BCUT2D eigenvalue weighted by Crippen LogP contribution is 2.66. The van der Waals surface area contributed by atoms with E-state index in [9.17, 15) is 5.11 Å². The second kappa shape index (κ2) is 4.25. The summed E-state index contributed by atoms with van der Waals surface area (Å²) in [7, 11) is 0. The van der Waals surface area contributed by atoms with Crippen molar-refractivity contribution in [1.82, 2.24) is 5.32 Å². The minimum absolute atomic E-state index is 0.355. The van der Waals surface area contributed by atoms with Gasteiger partial charge in [-0.25, -0.2) is 0 Å². The van der Waals surface area contributed by atoms with E-state index in [1.54, 1.807) is 12.1 Å². The average Bonchev–Trinajstić information content (AvgIpc) is 2.34. The maximum Gasteiger partial charge on any atom is 0.115 e. The molecule has 0 aliphatic heterocycles. The van der Waals surface area contributed by atoms with Gasteiger partial charge in [-0.15, -0.1) is 0 Å². The van der Waals surface area contributed by atoms with Crippen molar-refractivity contribution in [2.45, 2.75) is 64.5 Å². The van der Waals surface area contributed by atoms with Crippen molar-refractivity contribution in [3.8, 4) is 5.75 Å². The van der Waals surface area contributed by atoms with Gasteiger partial charge in [0.05, 0.1) is 0 Å². The fraction of sp³-hybridized carbons (Fsp3) is 0.684. The molecule has 4 saturated carbocycles. The summed E-state index contributed by atoms with van der Waals surface area (Å²) in [6.45, 7) is 5.97. The lowest BCUT2D eigenvalue weighted by atomic mass is 9.43. The summed E-state index contributed by atoms with van der Waals surface area (Å²) in [6, 6.07) is 7.65. The molecule has 0 amide bonds. The van der Waals surface area contributed by atoms with Gasteiger partial charge in [0.2, 0.25) is 0 Å². The summed E-state index contributed by atoms with van der Waals surface area (Å²) >= 11 is 0. The van der Waals surface area contributed by atoms with Gasteiger partial charge in [0, 0.05) is 12.1 Å². The Morgan fingerprint density at radius 1 is 1.00 bits per heavy atom. The van der Waals surface area contributed by atoms with E-state index in [1.165, 1.54) is 44.1 Å². The van der Waals surface area contributed by atoms with E-state index in [4.69, 9.17) is 0 Å². The standard InChI is InChI=1S/C19H27NO/c1-17-7-15-8-18(2,11-17)13-19(9-15,12-17)20-10-14-3-5-16(21)6-4-14/h3-6,15,20-21H,7-13H2,1-2H3. The molecule has 4 aliphatic carbocycles. The Labute approximate surface area is 128 Å². The van der Waals surface area contributed by atoms with Gasteiger partial charge in [0.15, 0.2) is 0 Å². The van der Waals surface area contributed by atoms with Gasteiger partial charge in [-0.3, -0.25) is 0 Å². The van der Waals surface area contributed by atoms with Crippen molar-refractivity contribution < 1.29 is 5.11 Å². The molecule has 4 aliphatic rings. The van der Waals surface area contributed by atoms with Gasteiger partial charge in [-0.2, -0.15) is 0 Å². The van der Waals surface area contributed by atoms with Crippen LogP contribution in [0.5, 0.6) is 5.75 Å². The van der Waals surface area contributed by atoms with E-state index in [0.717, 1.165) is 12.5 Å². The van der Waals surface area contributed by atoms with Gasteiger partial charge >= 0.3 is 0 Å². The minimum Gasteiger partial charge on any atom is -0.508 e. The fourth-order valence-corrected chi connectivity index (χ4v) is 6.55. The van der Waals surface area contributed by atoms with Crippen LogP contribution < -0.4 is 5.32 Å². The largest absolute Gasteiger partial charge is 0.508 e. The van der Waals surface area contributed by atoms with Crippen LogP contribution in [0.15, 0.2) is 24.3 Å². The zero-order valence-corrected chi connectivity index (χ0v) is 13.3. The van der Waals surface area contributed by atoms with E-state index < -0.39 is 0 Å². The number of benzene rings is 1. The first-order valence-electron chi connectivity index (χ1n) is 8.41. The molecule has 1 aromatic rings. The van der Waals surface area contributed by atoms with Crippen molar-refractivity contribution in [2.24, 2.45) is 16.7 Å². The summed E-state index contributed by atoms with van der Waals surface area (Å²) < 4.78 is 0. The van der Waals surface area contributed by atoms with Crippen molar-refractivity contribution in [2.75, 3.05) is 0 Å². The van der Waals surface area contributed by atoms with Crippen LogP contribution in [-0.4, -0.2) is 10.6 Å². The molecule has 114 valence electrons. The Kier molecular flexibility index (Phi) is 2.76. The second-order valence-electron chi connectivity index (χ2n) is 8.93. The van der Waals surface area contributed by atoms with Crippen LogP contribution in [-0.2, 0) is 6.54 Å². The van der Waals surface area contributed by atoms with Crippen LogP contribution in [0.1, 0.15) is 57.9 Å². The normalized spacial score (nSPS) is 44.2. The fourth-order valence-electron chi connectivity index (χ4n) is 6.55. The van der Waals surface area contributed by atoms with E-state index in [-0.39, 0.29) is 0 Å². The van der Waals surface area contributed by atoms with E-state index in [2.05, 4.69) is 19.2 Å². The smallest absolute Gasteiger partial charge is 0.115 e. The molecule has 4 bridgehead atoms. The summed E-state index contributed by atoms with van der Waals surface area (Å²) in [5.74, 6) is 1.29. The van der Waals surface area contributed by atoms with Crippen LogP contribution in [0.2, 0.25) is 0 Å². The van der Waals surface area contributed by atoms with Gasteiger partial charge in [-0.1, -0.05) is 26.0 Å². The quantitative estimate of drug-likeness (QED) is 0.871. The van der Waals surface area contributed by atoms with Crippen LogP contribution in [0, 0.1) is 16.7 Å². The van der Waals surface area contributed by atoms with E-state index in [1.807, 2.05) is 12.1 Å². The summed E-state index contributed by atoms with van der Waals surface area (Å²) in [5.41, 5.74) is 2.77. The number of hydrogen-bond donors (Lipinski definition) is 2. The van der Waals surface area contributed by atoms with Crippen molar-refractivity contribution in [1.29, 1.82) is 0 Å². The van der Waals surface area contributed by atoms with Crippen molar-refractivity contribution in [3.05, 3.63) is 29.8 Å². The van der Waals surface area contributed by atoms with Crippen molar-refractivity contribution in [3.63, 3.8) is 0 Å².